The minimum Gasteiger partial charge on any atom is -0.548 e. The van der Waals surface area contributed by atoms with Gasteiger partial charge in [0.15, 0.2) is 0 Å². The molecule has 1 saturated heterocycles. The van der Waals surface area contributed by atoms with E-state index >= 15 is 0 Å². The number of rotatable bonds is 3. The number of carboxylic acids is 1. The van der Waals surface area contributed by atoms with E-state index in [-0.39, 0.29) is 4.32 Å². The molecule has 1 fully saturated rings. The van der Waals surface area contributed by atoms with E-state index in [1.807, 2.05) is 30.1 Å². The van der Waals surface area contributed by atoms with Crippen LogP contribution in [0.25, 0.3) is 0 Å². The molecule has 0 spiro atoms. The molecule has 23 heavy (non-hydrogen) atoms. The molecule has 0 unspecified atom stereocenters. The number of aliphatic carboxylic acids is 1. The Morgan fingerprint density at radius 3 is 2.78 bits per heavy atom. The van der Waals surface area contributed by atoms with Gasteiger partial charge in [-0.05, 0) is 12.1 Å². The Bertz CT molecular complexity index is 762. The molecule has 0 radical (unpaired) electrons. The van der Waals surface area contributed by atoms with Crippen LogP contribution < -0.4 is 14.7 Å². The predicted octanol–water partition coefficient (Wildman–Crippen LogP) is 1.02. The van der Waals surface area contributed by atoms with Gasteiger partial charge >= 0.3 is 0 Å². The molecule has 2 aliphatic rings. The highest BCUT2D eigenvalue weighted by Crippen LogP contribution is 2.50. The van der Waals surface area contributed by atoms with Gasteiger partial charge in [-0.2, -0.15) is 0 Å². The van der Waals surface area contributed by atoms with Crippen LogP contribution in [0.5, 0.6) is 5.75 Å². The number of amides is 1. The summed E-state index contributed by atoms with van der Waals surface area (Å²) >= 11 is 7.66. The molecule has 0 aromatic heterocycles. The molecule has 1 aromatic rings. The Morgan fingerprint density at radius 2 is 2.13 bits per heavy atom. The SMILES string of the molecule is COc1ccc2c(c1)N(C)C(=C1SC(=S)N(CC(=O)[O-])C1=O)S2. The molecular weight excluding hydrogens is 356 g/mol. The number of carboxylic acid groups (broad SMARTS) is 1. The Hall–Kier alpha value is -1.71. The van der Waals surface area contributed by atoms with Crippen molar-refractivity contribution in [2.24, 2.45) is 0 Å². The average molecular weight is 367 g/mol. The molecule has 0 N–H and O–H groups in total. The summed E-state index contributed by atoms with van der Waals surface area (Å²) in [7, 11) is 3.44. The second-order valence-electron chi connectivity index (χ2n) is 4.76. The summed E-state index contributed by atoms with van der Waals surface area (Å²) in [6.07, 6.45) is 0. The molecule has 2 heterocycles. The molecule has 6 nitrogen and oxygen atoms in total. The number of methoxy groups -OCH3 is 1. The lowest BCUT2D eigenvalue weighted by Gasteiger charge is -2.16. The number of hydrogen-bond donors (Lipinski definition) is 0. The molecule has 1 aromatic carbocycles. The van der Waals surface area contributed by atoms with Gasteiger partial charge in [0.2, 0.25) is 0 Å². The topological polar surface area (TPSA) is 72.9 Å². The molecule has 9 heteroatoms. The number of thiocarbonyl (C=S) groups is 1. The second-order valence-corrected chi connectivity index (χ2v) is 7.44. The van der Waals surface area contributed by atoms with Crippen molar-refractivity contribution in [3.63, 3.8) is 0 Å². The van der Waals surface area contributed by atoms with Crippen LogP contribution in [0.15, 0.2) is 33.0 Å². The highest BCUT2D eigenvalue weighted by molar-refractivity contribution is 8.27. The summed E-state index contributed by atoms with van der Waals surface area (Å²) in [5.41, 5.74) is 0.925. The summed E-state index contributed by atoms with van der Waals surface area (Å²) in [6.45, 7) is -0.531. The largest absolute Gasteiger partial charge is 0.548 e. The van der Waals surface area contributed by atoms with E-state index in [9.17, 15) is 14.7 Å². The van der Waals surface area contributed by atoms with Crippen molar-refractivity contribution in [2.75, 3.05) is 25.6 Å². The third-order valence-corrected chi connectivity index (χ3v) is 6.17. The number of thioether (sulfide) groups is 2. The monoisotopic (exact) mass is 367 g/mol. The minimum absolute atomic E-state index is 0.226. The number of nitrogens with zero attached hydrogens (tertiary/aromatic N) is 2. The first-order valence-corrected chi connectivity index (χ1v) is 8.54. The number of ether oxygens (including phenoxy) is 1. The average Bonchev–Trinajstić information content (AvgIpc) is 2.98. The summed E-state index contributed by atoms with van der Waals surface area (Å²) in [6, 6.07) is 5.66. The maximum Gasteiger partial charge on any atom is 0.269 e. The maximum atomic E-state index is 12.5. The first-order chi connectivity index (χ1) is 10.9. The van der Waals surface area contributed by atoms with Crippen molar-refractivity contribution >= 4 is 57.6 Å². The molecule has 0 saturated carbocycles. The first-order valence-electron chi connectivity index (χ1n) is 6.49. The molecule has 120 valence electrons. The van der Waals surface area contributed by atoms with Crippen LogP contribution in [-0.4, -0.2) is 41.8 Å². The van der Waals surface area contributed by atoms with Crippen LogP contribution in [0.4, 0.5) is 5.69 Å². The van der Waals surface area contributed by atoms with E-state index in [1.54, 1.807) is 7.11 Å². The highest BCUT2D eigenvalue weighted by atomic mass is 32.2. The third kappa shape index (κ3) is 2.79. The lowest BCUT2D eigenvalue weighted by atomic mass is 10.3. The molecule has 0 aliphatic carbocycles. The Kier molecular flexibility index (Phi) is 4.26. The molecule has 2 aliphatic heterocycles. The number of fused-ring (bicyclic) bond motifs is 1. The lowest BCUT2D eigenvalue weighted by Crippen LogP contribution is -2.40. The van der Waals surface area contributed by atoms with Crippen LogP contribution in [0.1, 0.15) is 0 Å². The van der Waals surface area contributed by atoms with Gasteiger partial charge < -0.3 is 19.5 Å². The number of carbonyl (C=O) groups excluding carboxylic acids is 2. The maximum absolute atomic E-state index is 12.5. The van der Waals surface area contributed by atoms with Gasteiger partial charge in [-0.1, -0.05) is 35.7 Å². The van der Waals surface area contributed by atoms with Gasteiger partial charge in [0.25, 0.3) is 5.91 Å². The zero-order valence-corrected chi connectivity index (χ0v) is 14.6. The standard InChI is InChI=1S/C14H12N2O4S3/c1-15-8-5-7(20-2)3-4-9(8)22-13(15)11-12(19)16(6-10(17)18)14(21)23-11/h3-5H,6H2,1-2H3,(H,17,18)/p-1. The molecule has 3 rings (SSSR count). The smallest absolute Gasteiger partial charge is 0.269 e. The van der Waals surface area contributed by atoms with E-state index in [0.29, 0.717) is 4.91 Å². The van der Waals surface area contributed by atoms with Gasteiger partial charge in [0.1, 0.15) is 15.0 Å². The first kappa shape index (κ1) is 16.2. The van der Waals surface area contributed by atoms with Crippen molar-refractivity contribution in [3.05, 3.63) is 28.1 Å². The molecule has 0 bridgehead atoms. The number of anilines is 1. The minimum atomic E-state index is -1.34. The van der Waals surface area contributed by atoms with Crippen LogP contribution in [-0.2, 0) is 9.59 Å². The fourth-order valence-corrected chi connectivity index (χ4v) is 4.81. The molecule has 1 amide bonds. The zero-order chi connectivity index (χ0) is 16.7. The van der Waals surface area contributed by atoms with Crippen LogP contribution in [0, 0.1) is 0 Å². The Balaban J connectivity index is 1.96. The fourth-order valence-electron chi connectivity index (χ4n) is 2.25. The third-order valence-electron chi connectivity index (χ3n) is 3.37. The van der Waals surface area contributed by atoms with E-state index in [0.717, 1.165) is 38.0 Å². The van der Waals surface area contributed by atoms with Gasteiger partial charge in [-0.3, -0.25) is 9.69 Å². The Morgan fingerprint density at radius 1 is 1.39 bits per heavy atom. The van der Waals surface area contributed by atoms with Gasteiger partial charge in [-0.15, -0.1) is 0 Å². The predicted molar refractivity (Wildman–Crippen MR) is 91.2 cm³/mol. The Labute approximate surface area is 146 Å². The van der Waals surface area contributed by atoms with E-state index in [4.69, 9.17) is 17.0 Å². The van der Waals surface area contributed by atoms with Crippen molar-refractivity contribution in [2.45, 2.75) is 4.90 Å². The van der Waals surface area contributed by atoms with Crippen LogP contribution in [0.2, 0.25) is 0 Å². The number of hydrogen-bond acceptors (Lipinski definition) is 8. The van der Waals surface area contributed by atoms with E-state index in [1.165, 1.54) is 11.8 Å². The van der Waals surface area contributed by atoms with Crippen LogP contribution >= 0.6 is 35.7 Å². The van der Waals surface area contributed by atoms with Crippen molar-refractivity contribution in [1.29, 1.82) is 0 Å². The zero-order valence-electron chi connectivity index (χ0n) is 12.2. The van der Waals surface area contributed by atoms with Crippen molar-refractivity contribution in [3.8, 4) is 5.75 Å². The number of benzene rings is 1. The lowest BCUT2D eigenvalue weighted by molar-refractivity contribution is -0.305. The molecular formula is C14H11N2O4S3-. The van der Waals surface area contributed by atoms with Crippen LogP contribution in [0.3, 0.4) is 0 Å². The van der Waals surface area contributed by atoms with Gasteiger partial charge in [0, 0.05) is 18.0 Å². The summed E-state index contributed by atoms with van der Waals surface area (Å²) in [5.74, 6) is -1.02. The fraction of sp³-hybridized carbons (Fsp3) is 0.214. The van der Waals surface area contributed by atoms with E-state index < -0.39 is 18.4 Å². The highest BCUT2D eigenvalue weighted by Gasteiger charge is 2.38. The van der Waals surface area contributed by atoms with Crippen molar-refractivity contribution in [1.82, 2.24) is 4.90 Å². The molecule has 0 atom stereocenters. The van der Waals surface area contributed by atoms with E-state index in [2.05, 4.69) is 0 Å². The summed E-state index contributed by atoms with van der Waals surface area (Å²) < 4.78 is 5.45. The van der Waals surface area contributed by atoms with Gasteiger partial charge in [-0.25, -0.2) is 0 Å². The number of carbonyl (C=O) groups is 2. The second kappa shape index (κ2) is 6.06. The van der Waals surface area contributed by atoms with Gasteiger partial charge in [0.05, 0.1) is 30.3 Å². The normalized spacial score (nSPS) is 20.3. The summed E-state index contributed by atoms with van der Waals surface area (Å²) in [5, 5.41) is 11.5. The quantitative estimate of drug-likeness (QED) is 0.579. The summed E-state index contributed by atoms with van der Waals surface area (Å²) in [4.78, 5) is 27.6. The van der Waals surface area contributed by atoms with Crippen molar-refractivity contribution < 1.29 is 19.4 Å².